The first kappa shape index (κ1) is 12.8. The average molecular weight is 264 g/mol. The van der Waals surface area contributed by atoms with Crippen molar-refractivity contribution in [3.63, 3.8) is 0 Å². The van der Waals surface area contributed by atoms with Crippen LogP contribution in [0.25, 0.3) is 0 Å². The molecule has 18 heavy (non-hydrogen) atoms. The molecule has 0 saturated carbocycles. The third kappa shape index (κ3) is 2.95. The molecule has 0 saturated heterocycles. The second-order valence-corrected chi connectivity index (χ2v) is 5.15. The Bertz CT molecular complexity index is 518. The van der Waals surface area contributed by atoms with Crippen molar-refractivity contribution in [2.45, 2.75) is 26.7 Å². The Morgan fingerprint density at radius 3 is 3.00 bits per heavy atom. The smallest absolute Gasteiger partial charge is 0.261 e. The highest BCUT2D eigenvalue weighted by atomic mass is 32.1. The van der Waals surface area contributed by atoms with Crippen LogP contribution in [0.15, 0.2) is 12.4 Å². The maximum Gasteiger partial charge on any atom is 0.261 e. The summed E-state index contributed by atoms with van der Waals surface area (Å²) in [6.45, 7) is 4.71. The molecule has 0 aliphatic heterocycles. The average Bonchev–Trinajstić information content (AvgIpc) is 2.98. The number of hydrogen-bond donors (Lipinski definition) is 2. The first-order valence-corrected chi connectivity index (χ1v) is 6.74. The molecular formula is C12H16N4OS. The van der Waals surface area contributed by atoms with Crippen molar-refractivity contribution in [2.75, 3.05) is 6.54 Å². The highest BCUT2D eigenvalue weighted by Gasteiger charge is 2.11. The fraction of sp³-hybridized carbons (Fsp3) is 0.417. The Morgan fingerprint density at radius 2 is 2.39 bits per heavy atom. The summed E-state index contributed by atoms with van der Waals surface area (Å²) in [7, 11) is 0. The number of nitrogens with one attached hydrogen (secondary N) is 2. The lowest BCUT2D eigenvalue weighted by Crippen LogP contribution is -2.25. The Labute approximate surface area is 110 Å². The molecule has 5 nitrogen and oxygen atoms in total. The van der Waals surface area contributed by atoms with Crippen LogP contribution in [0.1, 0.15) is 32.9 Å². The molecule has 0 spiro atoms. The molecule has 0 aliphatic rings. The van der Waals surface area contributed by atoms with Gasteiger partial charge in [0, 0.05) is 17.8 Å². The number of carbonyl (C=O) groups is 1. The molecule has 0 atom stereocenters. The zero-order valence-corrected chi connectivity index (χ0v) is 11.3. The fourth-order valence-corrected chi connectivity index (χ4v) is 2.75. The summed E-state index contributed by atoms with van der Waals surface area (Å²) in [5.41, 5.74) is 1.20. The molecule has 0 aromatic carbocycles. The maximum atomic E-state index is 11.9. The van der Waals surface area contributed by atoms with Crippen LogP contribution in [0.2, 0.25) is 0 Å². The molecule has 0 radical (unpaired) electrons. The molecule has 6 heteroatoms. The van der Waals surface area contributed by atoms with Crippen molar-refractivity contribution in [3.05, 3.63) is 33.5 Å². The Hall–Kier alpha value is -1.69. The number of amides is 1. The summed E-state index contributed by atoms with van der Waals surface area (Å²) in [5, 5.41) is 9.41. The van der Waals surface area contributed by atoms with E-state index in [-0.39, 0.29) is 5.91 Å². The van der Waals surface area contributed by atoms with Crippen molar-refractivity contribution in [1.82, 2.24) is 20.5 Å². The van der Waals surface area contributed by atoms with Gasteiger partial charge in [-0.15, -0.1) is 11.3 Å². The van der Waals surface area contributed by atoms with E-state index in [9.17, 15) is 4.79 Å². The number of hydrogen-bond acceptors (Lipinski definition) is 4. The van der Waals surface area contributed by atoms with Gasteiger partial charge in [0.15, 0.2) is 0 Å². The zero-order valence-electron chi connectivity index (χ0n) is 10.5. The maximum absolute atomic E-state index is 11.9. The van der Waals surface area contributed by atoms with Gasteiger partial charge in [0.25, 0.3) is 5.91 Å². The van der Waals surface area contributed by atoms with Crippen LogP contribution in [-0.2, 0) is 12.8 Å². The van der Waals surface area contributed by atoms with Gasteiger partial charge in [-0.25, -0.2) is 4.98 Å². The van der Waals surface area contributed by atoms with E-state index < -0.39 is 0 Å². The largest absolute Gasteiger partial charge is 0.351 e. The number of aromatic amines is 1. The molecule has 2 heterocycles. The number of H-pyrrole nitrogens is 1. The summed E-state index contributed by atoms with van der Waals surface area (Å²) in [6, 6.07) is 1.95. The summed E-state index contributed by atoms with van der Waals surface area (Å²) in [4.78, 5) is 18.0. The molecular weight excluding hydrogens is 248 g/mol. The van der Waals surface area contributed by atoms with Crippen LogP contribution in [0.4, 0.5) is 0 Å². The molecule has 2 aromatic rings. The van der Waals surface area contributed by atoms with Gasteiger partial charge >= 0.3 is 0 Å². The number of thiophene rings is 1. The summed E-state index contributed by atoms with van der Waals surface area (Å²) < 4.78 is 0. The highest BCUT2D eigenvalue weighted by molar-refractivity contribution is 7.14. The predicted molar refractivity (Wildman–Crippen MR) is 70.9 cm³/mol. The van der Waals surface area contributed by atoms with Crippen molar-refractivity contribution in [1.29, 1.82) is 0 Å². The van der Waals surface area contributed by atoms with Crippen molar-refractivity contribution >= 4 is 17.2 Å². The molecule has 0 fully saturated rings. The van der Waals surface area contributed by atoms with E-state index in [0.29, 0.717) is 13.0 Å². The van der Waals surface area contributed by atoms with Crippen LogP contribution in [-0.4, -0.2) is 27.6 Å². The topological polar surface area (TPSA) is 70.7 Å². The second-order valence-electron chi connectivity index (χ2n) is 4.01. The lowest BCUT2D eigenvalue weighted by Gasteiger charge is -2.01. The van der Waals surface area contributed by atoms with E-state index in [0.717, 1.165) is 17.1 Å². The molecule has 96 valence electrons. The van der Waals surface area contributed by atoms with E-state index in [2.05, 4.69) is 27.4 Å². The molecule has 0 bridgehead atoms. The van der Waals surface area contributed by atoms with Crippen LogP contribution < -0.4 is 5.32 Å². The van der Waals surface area contributed by atoms with Gasteiger partial charge in [0.1, 0.15) is 12.2 Å². The van der Waals surface area contributed by atoms with Gasteiger partial charge in [-0.05, 0) is 25.0 Å². The Kier molecular flexibility index (Phi) is 4.09. The summed E-state index contributed by atoms with van der Waals surface area (Å²) in [6.07, 6.45) is 3.10. The lowest BCUT2D eigenvalue weighted by atomic mass is 10.2. The molecule has 2 N–H and O–H groups in total. The number of carbonyl (C=O) groups excluding carboxylic acids is 1. The van der Waals surface area contributed by atoms with E-state index in [1.165, 1.54) is 16.8 Å². The lowest BCUT2D eigenvalue weighted by molar-refractivity contribution is 0.0958. The number of aromatic nitrogens is 3. The summed E-state index contributed by atoms with van der Waals surface area (Å²) in [5.74, 6) is 0.772. The number of rotatable bonds is 5. The molecule has 0 aliphatic carbocycles. The first-order valence-electron chi connectivity index (χ1n) is 5.92. The highest BCUT2D eigenvalue weighted by Crippen LogP contribution is 2.22. The SMILES string of the molecule is CCc1sc(C(=O)NCCc2ncn[nH]2)cc1C. The van der Waals surface area contributed by atoms with Gasteiger partial charge in [-0.1, -0.05) is 6.92 Å². The van der Waals surface area contributed by atoms with Crippen LogP contribution >= 0.6 is 11.3 Å². The van der Waals surface area contributed by atoms with Crippen LogP contribution in [0.3, 0.4) is 0 Å². The first-order chi connectivity index (χ1) is 8.70. The predicted octanol–water partition coefficient (Wildman–Crippen LogP) is 1.71. The number of aryl methyl sites for hydroxylation is 2. The molecule has 2 aromatic heterocycles. The standard InChI is InChI=1S/C12H16N4OS/c1-3-9-8(2)6-10(18-9)12(17)13-5-4-11-14-7-15-16-11/h6-7H,3-5H2,1-2H3,(H,13,17)(H,14,15,16). The quantitative estimate of drug-likeness (QED) is 0.863. The minimum Gasteiger partial charge on any atom is -0.351 e. The zero-order chi connectivity index (χ0) is 13.0. The molecule has 1 amide bonds. The van der Waals surface area contributed by atoms with E-state index in [1.54, 1.807) is 11.3 Å². The minimum absolute atomic E-state index is 0.0117. The van der Waals surface area contributed by atoms with Gasteiger partial charge in [0.2, 0.25) is 0 Å². The normalized spacial score (nSPS) is 10.6. The van der Waals surface area contributed by atoms with Gasteiger partial charge in [0.05, 0.1) is 4.88 Å². The van der Waals surface area contributed by atoms with Gasteiger partial charge in [-0.2, -0.15) is 5.10 Å². The minimum atomic E-state index is -0.0117. The monoisotopic (exact) mass is 264 g/mol. The third-order valence-corrected chi connectivity index (χ3v) is 4.06. The van der Waals surface area contributed by atoms with E-state index in [4.69, 9.17) is 0 Å². The Morgan fingerprint density at radius 1 is 1.56 bits per heavy atom. The van der Waals surface area contributed by atoms with Crippen LogP contribution in [0, 0.1) is 6.92 Å². The molecule has 2 rings (SSSR count). The van der Waals surface area contributed by atoms with Gasteiger partial charge in [-0.3, -0.25) is 9.89 Å². The third-order valence-electron chi connectivity index (χ3n) is 2.68. The van der Waals surface area contributed by atoms with E-state index in [1.807, 2.05) is 13.0 Å². The van der Waals surface area contributed by atoms with Gasteiger partial charge < -0.3 is 5.32 Å². The van der Waals surface area contributed by atoms with Crippen molar-refractivity contribution in [2.24, 2.45) is 0 Å². The van der Waals surface area contributed by atoms with Crippen LogP contribution in [0.5, 0.6) is 0 Å². The number of nitrogens with zero attached hydrogens (tertiary/aromatic N) is 2. The van der Waals surface area contributed by atoms with Crippen molar-refractivity contribution in [3.8, 4) is 0 Å². The summed E-state index contributed by atoms with van der Waals surface area (Å²) >= 11 is 1.57. The Balaban J connectivity index is 1.87. The van der Waals surface area contributed by atoms with E-state index >= 15 is 0 Å². The second kappa shape index (κ2) is 5.77. The molecule has 0 unspecified atom stereocenters. The fourth-order valence-electron chi connectivity index (χ4n) is 1.72. The van der Waals surface area contributed by atoms with Crippen molar-refractivity contribution < 1.29 is 4.79 Å².